The van der Waals surface area contributed by atoms with E-state index in [9.17, 15) is 9.90 Å². The standard InChI is InChI=1S/C13H14N4O2/c1-9(18)10-4-2-5-11(8-10)16-13(19)17-12-14-6-3-7-15-12/h2-9,18H,1H3,(H2,14,15,16,17,19). The molecule has 2 aromatic rings. The van der Waals surface area contributed by atoms with Crippen molar-refractivity contribution in [3.8, 4) is 0 Å². The monoisotopic (exact) mass is 258 g/mol. The van der Waals surface area contributed by atoms with Gasteiger partial charge in [0, 0.05) is 18.1 Å². The number of nitrogens with zero attached hydrogens (tertiary/aromatic N) is 2. The molecule has 0 aliphatic carbocycles. The topological polar surface area (TPSA) is 87.1 Å². The molecule has 0 bridgehead atoms. The van der Waals surface area contributed by atoms with Crippen LogP contribution >= 0.6 is 0 Å². The first-order chi connectivity index (χ1) is 9.15. The molecule has 0 aliphatic heterocycles. The lowest BCUT2D eigenvalue weighted by atomic mass is 10.1. The van der Waals surface area contributed by atoms with Crippen molar-refractivity contribution in [2.45, 2.75) is 13.0 Å². The number of hydrogen-bond acceptors (Lipinski definition) is 4. The van der Waals surface area contributed by atoms with Crippen LogP contribution in [0.25, 0.3) is 0 Å². The van der Waals surface area contributed by atoms with E-state index in [1.165, 1.54) is 12.4 Å². The smallest absolute Gasteiger partial charge is 0.326 e. The fourth-order valence-corrected chi connectivity index (χ4v) is 1.50. The third-order valence-corrected chi connectivity index (χ3v) is 2.42. The molecule has 0 saturated heterocycles. The van der Waals surface area contributed by atoms with E-state index in [4.69, 9.17) is 0 Å². The Morgan fingerprint density at radius 2 is 1.95 bits per heavy atom. The Morgan fingerprint density at radius 1 is 1.21 bits per heavy atom. The second-order valence-corrected chi connectivity index (χ2v) is 3.95. The Balaban J connectivity index is 2.01. The van der Waals surface area contributed by atoms with Crippen molar-refractivity contribution in [3.63, 3.8) is 0 Å². The van der Waals surface area contributed by atoms with Crippen LogP contribution in [-0.4, -0.2) is 21.1 Å². The number of aliphatic hydroxyl groups excluding tert-OH is 1. The zero-order valence-corrected chi connectivity index (χ0v) is 10.4. The molecule has 1 aromatic carbocycles. The van der Waals surface area contributed by atoms with Gasteiger partial charge in [-0.3, -0.25) is 5.32 Å². The number of nitrogens with one attached hydrogen (secondary N) is 2. The number of rotatable bonds is 3. The van der Waals surface area contributed by atoms with E-state index in [0.29, 0.717) is 5.69 Å². The summed E-state index contributed by atoms with van der Waals surface area (Å²) in [5.41, 5.74) is 1.32. The Kier molecular flexibility index (Phi) is 4.04. The van der Waals surface area contributed by atoms with Crippen LogP contribution in [0.5, 0.6) is 0 Å². The van der Waals surface area contributed by atoms with Crippen LogP contribution < -0.4 is 10.6 Å². The molecule has 0 spiro atoms. The maximum Gasteiger partial charge on any atom is 0.326 e. The predicted molar refractivity (Wildman–Crippen MR) is 71.7 cm³/mol. The summed E-state index contributed by atoms with van der Waals surface area (Å²) in [5, 5.41) is 14.6. The van der Waals surface area contributed by atoms with Gasteiger partial charge in [-0.2, -0.15) is 0 Å². The van der Waals surface area contributed by atoms with Gasteiger partial charge in [-0.05, 0) is 30.7 Å². The van der Waals surface area contributed by atoms with Crippen molar-refractivity contribution in [1.82, 2.24) is 9.97 Å². The molecule has 0 fully saturated rings. The van der Waals surface area contributed by atoms with Gasteiger partial charge in [0.2, 0.25) is 5.95 Å². The molecule has 3 N–H and O–H groups in total. The van der Waals surface area contributed by atoms with Crippen LogP contribution in [0.4, 0.5) is 16.4 Å². The summed E-state index contributed by atoms with van der Waals surface area (Å²) in [5.74, 6) is 0.228. The van der Waals surface area contributed by atoms with E-state index in [1.807, 2.05) is 0 Å². The molecule has 0 saturated carbocycles. The van der Waals surface area contributed by atoms with Crippen LogP contribution in [0.15, 0.2) is 42.7 Å². The van der Waals surface area contributed by atoms with E-state index < -0.39 is 12.1 Å². The molecule has 6 heteroatoms. The van der Waals surface area contributed by atoms with Gasteiger partial charge >= 0.3 is 6.03 Å². The number of aliphatic hydroxyl groups is 1. The van der Waals surface area contributed by atoms with Crippen LogP contribution in [0, 0.1) is 0 Å². The van der Waals surface area contributed by atoms with Gasteiger partial charge in [0.25, 0.3) is 0 Å². The van der Waals surface area contributed by atoms with E-state index in [-0.39, 0.29) is 5.95 Å². The van der Waals surface area contributed by atoms with E-state index in [0.717, 1.165) is 5.56 Å². The summed E-state index contributed by atoms with van der Waals surface area (Å²) in [6, 6.07) is 8.21. The molecule has 19 heavy (non-hydrogen) atoms. The number of carbonyl (C=O) groups excluding carboxylic acids is 1. The zero-order chi connectivity index (χ0) is 13.7. The Bertz CT molecular complexity index is 558. The summed E-state index contributed by atoms with van der Waals surface area (Å²) in [6.45, 7) is 1.66. The average Bonchev–Trinajstić information content (AvgIpc) is 2.40. The van der Waals surface area contributed by atoms with Crippen molar-refractivity contribution < 1.29 is 9.90 Å². The molecular weight excluding hydrogens is 244 g/mol. The van der Waals surface area contributed by atoms with Crippen LogP contribution in [-0.2, 0) is 0 Å². The number of carbonyl (C=O) groups is 1. The van der Waals surface area contributed by atoms with Gasteiger partial charge in [0.05, 0.1) is 6.10 Å². The average molecular weight is 258 g/mol. The Labute approximate surface area is 110 Å². The van der Waals surface area contributed by atoms with Crippen molar-refractivity contribution >= 4 is 17.7 Å². The maximum absolute atomic E-state index is 11.7. The molecule has 98 valence electrons. The predicted octanol–water partition coefficient (Wildman–Crippen LogP) is 2.17. The largest absolute Gasteiger partial charge is 0.389 e. The molecule has 2 rings (SSSR count). The fraction of sp³-hybridized carbons (Fsp3) is 0.154. The first-order valence-corrected chi connectivity index (χ1v) is 5.78. The van der Waals surface area contributed by atoms with Gasteiger partial charge in [-0.1, -0.05) is 12.1 Å². The molecule has 1 atom stereocenters. The molecule has 0 radical (unpaired) electrons. The van der Waals surface area contributed by atoms with Crippen LogP contribution in [0.1, 0.15) is 18.6 Å². The Morgan fingerprint density at radius 3 is 2.63 bits per heavy atom. The maximum atomic E-state index is 11.7. The fourth-order valence-electron chi connectivity index (χ4n) is 1.50. The first-order valence-electron chi connectivity index (χ1n) is 5.78. The minimum Gasteiger partial charge on any atom is -0.389 e. The van der Waals surface area contributed by atoms with Crippen molar-refractivity contribution in [3.05, 3.63) is 48.3 Å². The van der Waals surface area contributed by atoms with Gasteiger partial charge in [0.15, 0.2) is 0 Å². The SMILES string of the molecule is CC(O)c1cccc(NC(=O)Nc2ncccn2)c1. The molecular formula is C13H14N4O2. The highest BCUT2D eigenvalue weighted by molar-refractivity contribution is 5.98. The van der Waals surface area contributed by atoms with Gasteiger partial charge in [-0.25, -0.2) is 14.8 Å². The normalized spacial score (nSPS) is 11.7. The molecule has 1 aromatic heterocycles. The second kappa shape index (κ2) is 5.92. The third-order valence-electron chi connectivity index (χ3n) is 2.42. The summed E-state index contributed by atoms with van der Waals surface area (Å²) < 4.78 is 0. The minimum absolute atomic E-state index is 0.228. The highest BCUT2D eigenvalue weighted by Crippen LogP contribution is 2.17. The number of aromatic nitrogens is 2. The lowest BCUT2D eigenvalue weighted by Gasteiger charge is -2.09. The van der Waals surface area contributed by atoms with Gasteiger partial charge in [0.1, 0.15) is 0 Å². The van der Waals surface area contributed by atoms with E-state index in [2.05, 4.69) is 20.6 Å². The van der Waals surface area contributed by atoms with Gasteiger partial charge < -0.3 is 10.4 Å². The van der Waals surface area contributed by atoms with Crippen molar-refractivity contribution in [1.29, 1.82) is 0 Å². The number of amides is 2. The molecule has 6 nitrogen and oxygen atoms in total. The molecule has 1 heterocycles. The first kappa shape index (κ1) is 13.0. The lowest BCUT2D eigenvalue weighted by Crippen LogP contribution is -2.20. The summed E-state index contributed by atoms with van der Waals surface area (Å²) in [6.07, 6.45) is 2.50. The highest BCUT2D eigenvalue weighted by atomic mass is 16.3. The lowest BCUT2D eigenvalue weighted by molar-refractivity contribution is 0.199. The number of anilines is 2. The summed E-state index contributed by atoms with van der Waals surface area (Å²) in [4.78, 5) is 19.5. The molecule has 2 amide bonds. The number of hydrogen-bond donors (Lipinski definition) is 3. The summed E-state index contributed by atoms with van der Waals surface area (Å²) >= 11 is 0. The minimum atomic E-state index is -0.581. The highest BCUT2D eigenvalue weighted by Gasteiger charge is 2.06. The summed E-state index contributed by atoms with van der Waals surface area (Å²) in [7, 11) is 0. The van der Waals surface area contributed by atoms with Crippen molar-refractivity contribution in [2.75, 3.05) is 10.6 Å². The van der Waals surface area contributed by atoms with Crippen LogP contribution in [0.2, 0.25) is 0 Å². The second-order valence-electron chi connectivity index (χ2n) is 3.95. The van der Waals surface area contributed by atoms with Crippen molar-refractivity contribution in [2.24, 2.45) is 0 Å². The third kappa shape index (κ3) is 3.75. The number of urea groups is 1. The van der Waals surface area contributed by atoms with Crippen LogP contribution in [0.3, 0.4) is 0 Å². The quantitative estimate of drug-likeness (QED) is 0.787. The zero-order valence-electron chi connectivity index (χ0n) is 10.4. The molecule has 0 aliphatic rings. The number of benzene rings is 1. The van der Waals surface area contributed by atoms with E-state index in [1.54, 1.807) is 37.3 Å². The Hall–Kier alpha value is -2.47. The van der Waals surface area contributed by atoms with Gasteiger partial charge in [-0.15, -0.1) is 0 Å². The molecule has 1 unspecified atom stereocenters. The van der Waals surface area contributed by atoms with E-state index >= 15 is 0 Å².